The number of amides is 2. The number of carbonyl (C=O) groups is 2. The predicted octanol–water partition coefficient (Wildman–Crippen LogP) is 3.48. The fourth-order valence-corrected chi connectivity index (χ4v) is 3.03. The van der Waals surface area contributed by atoms with Gasteiger partial charge in [0.05, 0.1) is 0 Å². The lowest BCUT2D eigenvalue weighted by molar-refractivity contribution is -0.119. The van der Waals surface area contributed by atoms with Crippen LogP contribution in [0, 0.1) is 0 Å². The minimum absolute atomic E-state index is 0.00550. The summed E-state index contributed by atoms with van der Waals surface area (Å²) in [7, 11) is 0. The van der Waals surface area contributed by atoms with Crippen LogP contribution >= 0.6 is 0 Å². The van der Waals surface area contributed by atoms with E-state index in [9.17, 15) is 9.59 Å². The molecular weight excluding hydrogens is 328 g/mol. The van der Waals surface area contributed by atoms with E-state index >= 15 is 0 Å². The van der Waals surface area contributed by atoms with Crippen LogP contribution in [0.4, 0.5) is 0 Å². The Hall–Kier alpha value is -2.82. The highest BCUT2D eigenvalue weighted by Gasteiger charge is 2.23. The van der Waals surface area contributed by atoms with Gasteiger partial charge in [-0.25, -0.2) is 0 Å². The Balaban J connectivity index is 2.42. The summed E-state index contributed by atoms with van der Waals surface area (Å²) in [5.74, 6) is -0.00215. The number of rotatable bonds is 7. The van der Waals surface area contributed by atoms with Gasteiger partial charge in [-0.1, -0.05) is 30.3 Å². The zero-order chi connectivity index (χ0) is 19.3. The van der Waals surface area contributed by atoms with Crippen molar-refractivity contribution in [2.75, 3.05) is 6.61 Å². The molecule has 0 aliphatic heterocycles. The second-order valence-electron chi connectivity index (χ2n) is 6.73. The fraction of sp³-hybridized carbons (Fsp3) is 0.333. The Bertz CT molecular complexity index is 776. The van der Waals surface area contributed by atoms with Crippen molar-refractivity contribution in [1.82, 2.24) is 4.90 Å². The monoisotopic (exact) mass is 354 g/mol. The summed E-state index contributed by atoms with van der Waals surface area (Å²) in [5, 5.41) is 0. The molecule has 0 heterocycles. The van der Waals surface area contributed by atoms with Gasteiger partial charge in [-0.05, 0) is 57.0 Å². The van der Waals surface area contributed by atoms with E-state index in [2.05, 4.69) is 0 Å². The summed E-state index contributed by atoms with van der Waals surface area (Å²) in [4.78, 5) is 25.9. The molecule has 5 heteroatoms. The van der Waals surface area contributed by atoms with Crippen LogP contribution in [0.15, 0.2) is 48.5 Å². The van der Waals surface area contributed by atoms with Crippen molar-refractivity contribution < 1.29 is 14.3 Å². The first-order chi connectivity index (χ1) is 12.3. The molecule has 2 amide bonds. The van der Waals surface area contributed by atoms with Crippen molar-refractivity contribution in [1.29, 1.82) is 0 Å². The van der Waals surface area contributed by atoms with Gasteiger partial charge >= 0.3 is 0 Å². The molecule has 138 valence electrons. The number of nitrogens with zero attached hydrogens (tertiary/aromatic N) is 1. The molecule has 0 saturated heterocycles. The maximum absolute atomic E-state index is 13.2. The number of benzene rings is 2. The number of carbonyl (C=O) groups excluding carboxylic acids is 2. The molecule has 2 N–H and O–H groups in total. The van der Waals surface area contributed by atoms with Gasteiger partial charge in [0.25, 0.3) is 11.8 Å². The molecule has 26 heavy (non-hydrogen) atoms. The smallest absolute Gasteiger partial charge is 0.255 e. The predicted molar refractivity (Wildman–Crippen MR) is 103 cm³/mol. The normalized spacial score (nSPS) is 10.8. The quantitative estimate of drug-likeness (QED) is 0.827. The summed E-state index contributed by atoms with van der Waals surface area (Å²) >= 11 is 0. The van der Waals surface area contributed by atoms with Crippen LogP contribution in [0.2, 0.25) is 0 Å². The maximum Gasteiger partial charge on any atom is 0.255 e. The molecule has 0 saturated carbocycles. The van der Waals surface area contributed by atoms with E-state index in [-0.39, 0.29) is 24.6 Å². The lowest BCUT2D eigenvalue weighted by atomic mass is 9.98. The third-order valence-electron chi connectivity index (χ3n) is 4.03. The molecule has 0 unspecified atom stereocenters. The number of nitrogens with two attached hydrogens (primary N) is 1. The first kappa shape index (κ1) is 19.5. The minimum atomic E-state index is -0.532. The number of hydrogen-bond acceptors (Lipinski definition) is 3. The third kappa shape index (κ3) is 4.63. The fourth-order valence-electron chi connectivity index (χ4n) is 3.03. The lowest BCUT2D eigenvalue weighted by Crippen LogP contribution is -2.42. The lowest BCUT2D eigenvalue weighted by Gasteiger charge is -2.31. The molecule has 0 aliphatic carbocycles. The van der Waals surface area contributed by atoms with Gasteiger partial charge in [0.2, 0.25) is 0 Å². The molecule has 0 aliphatic rings. The van der Waals surface area contributed by atoms with Gasteiger partial charge in [-0.2, -0.15) is 0 Å². The number of hydrogen-bond donors (Lipinski definition) is 1. The molecule has 5 nitrogen and oxygen atoms in total. The molecule has 0 spiro atoms. The van der Waals surface area contributed by atoms with Gasteiger partial charge in [-0.15, -0.1) is 0 Å². The van der Waals surface area contributed by atoms with Crippen LogP contribution in [0.3, 0.4) is 0 Å². The molecule has 0 aromatic heterocycles. The summed E-state index contributed by atoms with van der Waals surface area (Å²) in [6, 6.07) is 15.0. The first-order valence-electron chi connectivity index (χ1n) is 8.74. The largest absolute Gasteiger partial charge is 0.484 e. The topological polar surface area (TPSA) is 72.6 Å². The van der Waals surface area contributed by atoms with E-state index in [1.54, 1.807) is 6.07 Å². The summed E-state index contributed by atoms with van der Waals surface area (Å²) in [6.07, 6.45) is 0. The van der Waals surface area contributed by atoms with E-state index in [0.717, 1.165) is 11.1 Å². The van der Waals surface area contributed by atoms with E-state index in [1.165, 1.54) is 0 Å². The van der Waals surface area contributed by atoms with Crippen LogP contribution in [0.5, 0.6) is 5.75 Å². The molecule has 0 radical (unpaired) electrons. The first-order valence-corrected chi connectivity index (χ1v) is 8.74. The van der Waals surface area contributed by atoms with Crippen molar-refractivity contribution in [3.05, 3.63) is 54.1 Å². The summed E-state index contributed by atoms with van der Waals surface area (Å²) < 4.78 is 5.38. The molecule has 2 aromatic rings. The van der Waals surface area contributed by atoms with Gasteiger partial charge in [0.1, 0.15) is 5.75 Å². The zero-order valence-corrected chi connectivity index (χ0v) is 15.7. The van der Waals surface area contributed by atoms with Crippen LogP contribution < -0.4 is 10.5 Å². The van der Waals surface area contributed by atoms with E-state index in [4.69, 9.17) is 10.5 Å². The summed E-state index contributed by atoms with van der Waals surface area (Å²) in [5.41, 5.74) is 7.45. The van der Waals surface area contributed by atoms with Gasteiger partial charge in [0, 0.05) is 17.6 Å². The van der Waals surface area contributed by atoms with Crippen molar-refractivity contribution >= 4 is 11.8 Å². The molecule has 2 aromatic carbocycles. The SMILES string of the molecule is CC(C)N(C(=O)c1ccccc1-c1cccc(OCC(N)=O)c1)C(C)C. The van der Waals surface area contributed by atoms with Gasteiger partial charge < -0.3 is 15.4 Å². The average molecular weight is 354 g/mol. The van der Waals surface area contributed by atoms with Crippen LogP contribution in [-0.2, 0) is 4.79 Å². The second-order valence-corrected chi connectivity index (χ2v) is 6.73. The maximum atomic E-state index is 13.2. The van der Waals surface area contributed by atoms with Crippen LogP contribution in [0.1, 0.15) is 38.1 Å². The molecule has 0 atom stereocenters. The molecule has 0 bridgehead atoms. The Kier molecular flexibility index (Phi) is 6.39. The zero-order valence-electron chi connectivity index (χ0n) is 15.7. The number of ether oxygens (including phenoxy) is 1. The van der Waals surface area contributed by atoms with Crippen LogP contribution in [-0.4, -0.2) is 35.4 Å². The highest BCUT2D eigenvalue weighted by atomic mass is 16.5. The highest BCUT2D eigenvalue weighted by molar-refractivity contribution is 6.01. The molecule has 2 rings (SSSR count). The minimum Gasteiger partial charge on any atom is -0.484 e. The molecule has 0 fully saturated rings. The van der Waals surface area contributed by atoms with E-state index in [1.807, 2.05) is 75.1 Å². The third-order valence-corrected chi connectivity index (χ3v) is 4.03. The van der Waals surface area contributed by atoms with Crippen molar-refractivity contribution in [2.45, 2.75) is 39.8 Å². The molecular formula is C21H26N2O3. The van der Waals surface area contributed by atoms with Crippen molar-refractivity contribution in [3.63, 3.8) is 0 Å². The Morgan fingerprint density at radius 2 is 1.65 bits per heavy atom. The second kappa shape index (κ2) is 8.52. The standard InChI is InChI=1S/C21H26N2O3/c1-14(2)23(15(3)4)21(25)19-11-6-5-10-18(19)16-8-7-9-17(12-16)26-13-20(22)24/h5-12,14-15H,13H2,1-4H3,(H2,22,24). The van der Waals surface area contributed by atoms with Crippen LogP contribution in [0.25, 0.3) is 11.1 Å². The number of primary amides is 1. The van der Waals surface area contributed by atoms with Gasteiger partial charge in [-0.3, -0.25) is 9.59 Å². The van der Waals surface area contributed by atoms with E-state index < -0.39 is 5.91 Å². The Labute approximate surface area is 154 Å². The van der Waals surface area contributed by atoms with Crippen molar-refractivity contribution in [2.24, 2.45) is 5.73 Å². The highest BCUT2D eigenvalue weighted by Crippen LogP contribution is 2.28. The average Bonchev–Trinajstić information content (AvgIpc) is 2.59. The van der Waals surface area contributed by atoms with E-state index in [0.29, 0.717) is 11.3 Å². The Morgan fingerprint density at radius 1 is 1.00 bits per heavy atom. The summed E-state index contributed by atoms with van der Waals surface area (Å²) in [6.45, 7) is 7.87. The van der Waals surface area contributed by atoms with Crippen molar-refractivity contribution in [3.8, 4) is 16.9 Å². The van der Waals surface area contributed by atoms with Gasteiger partial charge in [0.15, 0.2) is 6.61 Å². The Morgan fingerprint density at radius 3 is 2.27 bits per heavy atom.